The number of nitro benzene ring substituents is 1. The molecule has 0 bridgehead atoms. The Bertz CT molecular complexity index is 500. The average molecular weight is 265 g/mol. The number of benzene rings is 1. The van der Waals surface area contributed by atoms with Crippen LogP contribution in [0.4, 0.5) is 5.69 Å². The van der Waals surface area contributed by atoms with Crippen LogP contribution in [0, 0.1) is 16.0 Å². The fourth-order valence-electron chi connectivity index (χ4n) is 1.81. The summed E-state index contributed by atoms with van der Waals surface area (Å²) in [6.07, 6.45) is 0. The number of hydrogen-bond donors (Lipinski definition) is 2. The van der Waals surface area contributed by atoms with Crippen LogP contribution in [0.1, 0.15) is 10.4 Å². The molecule has 102 valence electrons. The van der Waals surface area contributed by atoms with Crippen LogP contribution in [0.3, 0.4) is 0 Å². The summed E-state index contributed by atoms with van der Waals surface area (Å²) in [5.74, 6) is 0.368. The number of nitrogens with one attached hydrogen (secondary N) is 2. The van der Waals surface area contributed by atoms with Gasteiger partial charge < -0.3 is 15.4 Å². The smallest absolute Gasteiger partial charge is 0.282 e. The molecule has 0 atom stereocenters. The summed E-state index contributed by atoms with van der Waals surface area (Å²) >= 11 is 0. The quantitative estimate of drug-likeness (QED) is 0.599. The number of ether oxygens (including phenoxy) is 1. The molecule has 2 rings (SSSR count). The van der Waals surface area contributed by atoms with Crippen molar-refractivity contribution in [3.63, 3.8) is 0 Å². The maximum absolute atomic E-state index is 12.0. The third kappa shape index (κ3) is 3.00. The van der Waals surface area contributed by atoms with Gasteiger partial charge in [-0.15, -0.1) is 0 Å². The van der Waals surface area contributed by atoms with Crippen molar-refractivity contribution in [2.75, 3.05) is 26.7 Å². The van der Waals surface area contributed by atoms with Gasteiger partial charge in [0.25, 0.3) is 11.6 Å². The van der Waals surface area contributed by atoms with Crippen molar-refractivity contribution < 1.29 is 14.5 Å². The van der Waals surface area contributed by atoms with Gasteiger partial charge in [-0.1, -0.05) is 0 Å². The third-order valence-electron chi connectivity index (χ3n) is 3.06. The summed E-state index contributed by atoms with van der Waals surface area (Å²) in [4.78, 5) is 22.3. The van der Waals surface area contributed by atoms with Crippen molar-refractivity contribution in [2.45, 2.75) is 0 Å². The molecule has 0 saturated carbocycles. The lowest BCUT2D eigenvalue weighted by Gasteiger charge is -2.27. The fourth-order valence-corrected chi connectivity index (χ4v) is 1.81. The maximum atomic E-state index is 12.0. The molecule has 1 saturated heterocycles. The van der Waals surface area contributed by atoms with Gasteiger partial charge in [0.15, 0.2) is 0 Å². The third-order valence-corrected chi connectivity index (χ3v) is 3.06. The lowest BCUT2D eigenvalue weighted by molar-refractivity contribution is -0.385. The van der Waals surface area contributed by atoms with Gasteiger partial charge in [-0.2, -0.15) is 0 Å². The zero-order valence-corrected chi connectivity index (χ0v) is 10.5. The summed E-state index contributed by atoms with van der Waals surface area (Å²) in [5, 5.41) is 16.7. The topological polar surface area (TPSA) is 93.5 Å². The summed E-state index contributed by atoms with van der Waals surface area (Å²) in [6, 6.07) is 4.12. The molecule has 1 aromatic carbocycles. The van der Waals surface area contributed by atoms with E-state index in [0.29, 0.717) is 18.2 Å². The summed E-state index contributed by atoms with van der Waals surface area (Å²) in [7, 11) is 1.45. The molecule has 0 unspecified atom stereocenters. The molecule has 1 aromatic rings. The van der Waals surface area contributed by atoms with Gasteiger partial charge in [0.05, 0.1) is 12.0 Å². The predicted molar refractivity (Wildman–Crippen MR) is 68.3 cm³/mol. The summed E-state index contributed by atoms with van der Waals surface area (Å²) in [6.45, 7) is 2.24. The fraction of sp³-hybridized carbons (Fsp3) is 0.417. The zero-order valence-electron chi connectivity index (χ0n) is 10.5. The second-order valence-electron chi connectivity index (χ2n) is 4.37. The number of amides is 1. The molecule has 1 fully saturated rings. The monoisotopic (exact) mass is 265 g/mol. The SMILES string of the molecule is COc1ccc([N+](=O)[O-])c(C(=O)NCC2CNC2)c1. The van der Waals surface area contributed by atoms with E-state index in [1.54, 1.807) is 0 Å². The van der Waals surface area contributed by atoms with E-state index in [1.807, 2.05) is 0 Å². The molecule has 0 aromatic heterocycles. The van der Waals surface area contributed by atoms with E-state index in [-0.39, 0.29) is 11.3 Å². The Hall–Kier alpha value is -2.15. The van der Waals surface area contributed by atoms with Gasteiger partial charge in [0.1, 0.15) is 11.3 Å². The largest absolute Gasteiger partial charge is 0.497 e. The van der Waals surface area contributed by atoms with Crippen molar-refractivity contribution in [2.24, 2.45) is 5.92 Å². The molecule has 7 nitrogen and oxygen atoms in total. The van der Waals surface area contributed by atoms with E-state index >= 15 is 0 Å². The Morgan fingerprint density at radius 2 is 2.32 bits per heavy atom. The van der Waals surface area contributed by atoms with Gasteiger partial charge in [0, 0.05) is 31.6 Å². The van der Waals surface area contributed by atoms with Crippen molar-refractivity contribution in [1.82, 2.24) is 10.6 Å². The van der Waals surface area contributed by atoms with Crippen LogP contribution < -0.4 is 15.4 Å². The van der Waals surface area contributed by atoms with Gasteiger partial charge in [-0.3, -0.25) is 14.9 Å². The molecule has 19 heavy (non-hydrogen) atoms. The average Bonchev–Trinajstić information content (AvgIpc) is 2.35. The highest BCUT2D eigenvalue weighted by molar-refractivity contribution is 5.98. The molecule has 7 heteroatoms. The minimum Gasteiger partial charge on any atom is -0.497 e. The number of nitrogens with zero attached hydrogens (tertiary/aromatic N) is 1. The Morgan fingerprint density at radius 1 is 1.58 bits per heavy atom. The van der Waals surface area contributed by atoms with Crippen LogP contribution in [0.25, 0.3) is 0 Å². The summed E-state index contributed by atoms with van der Waals surface area (Å²) < 4.78 is 4.99. The first-order chi connectivity index (χ1) is 9.11. The minimum atomic E-state index is -0.570. The number of methoxy groups -OCH3 is 1. The van der Waals surface area contributed by atoms with Gasteiger partial charge >= 0.3 is 0 Å². The molecule has 1 amide bonds. The first-order valence-corrected chi connectivity index (χ1v) is 5.93. The molecule has 1 aliphatic rings. The first-order valence-electron chi connectivity index (χ1n) is 5.93. The number of hydrogen-bond acceptors (Lipinski definition) is 5. The molecule has 0 aliphatic carbocycles. The van der Waals surface area contributed by atoms with Crippen LogP contribution >= 0.6 is 0 Å². The van der Waals surface area contributed by atoms with Crippen molar-refractivity contribution in [1.29, 1.82) is 0 Å². The molecular formula is C12H15N3O4. The van der Waals surface area contributed by atoms with E-state index in [9.17, 15) is 14.9 Å². The Balaban J connectivity index is 2.14. The van der Waals surface area contributed by atoms with Gasteiger partial charge in [-0.25, -0.2) is 0 Å². The Morgan fingerprint density at radius 3 is 2.84 bits per heavy atom. The predicted octanol–water partition coefficient (Wildman–Crippen LogP) is 0.553. The lowest BCUT2D eigenvalue weighted by atomic mass is 10.0. The van der Waals surface area contributed by atoms with E-state index in [2.05, 4.69) is 10.6 Å². The number of rotatable bonds is 5. The number of nitro groups is 1. The zero-order chi connectivity index (χ0) is 13.8. The standard InChI is InChI=1S/C12H15N3O4/c1-19-9-2-3-11(15(17)18)10(4-9)12(16)14-7-8-5-13-6-8/h2-4,8,13H,5-7H2,1H3,(H,14,16). The van der Waals surface area contributed by atoms with Crippen LogP contribution in [0.5, 0.6) is 5.75 Å². The highest BCUT2D eigenvalue weighted by Gasteiger charge is 2.23. The molecule has 0 radical (unpaired) electrons. The molecule has 1 heterocycles. The minimum absolute atomic E-state index is 0.0247. The lowest BCUT2D eigenvalue weighted by Crippen LogP contribution is -2.48. The van der Waals surface area contributed by atoms with E-state index in [0.717, 1.165) is 13.1 Å². The highest BCUT2D eigenvalue weighted by Crippen LogP contribution is 2.23. The molecular weight excluding hydrogens is 250 g/mol. The van der Waals surface area contributed by atoms with Crippen LogP contribution in [0.15, 0.2) is 18.2 Å². The van der Waals surface area contributed by atoms with E-state index in [4.69, 9.17) is 4.74 Å². The van der Waals surface area contributed by atoms with Gasteiger partial charge in [0.2, 0.25) is 0 Å². The second kappa shape index (κ2) is 5.66. The van der Waals surface area contributed by atoms with Crippen molar-refractivity contribution in [3.05, 3.63) is 33.9 Å². The molecule has 0 spiro atoms. The van der Waals surface area contributed by atoms with Crippen LogP contribution in [0.2, 0.25) is 0 Å². The normalized spacial score (nSPS) is 14.6. The van der Waals surface area contributed by atoms with Crippen LogP contribution in [-0.2, 0) is 0 Å². The van der Waals surface area contributed by atoms with Crippen molar-refractivity contribution in [3.8, 4) is 5.75 Å². The van der Waals surface area contributed by atoms with E-state index in [1.165, 1.54) is 25.3 Å². The number of carbonyl (C=O) groups excluding carboxylic acids is 1. The number of carbonyl (C=O) groups is 1. The van der Waals surface area contributed by atoms with Crippen molar-refractivity contribution >= 4 is 11.6 Å². The Labute approximate surface area is 110 Å². The Kier molecular flexibility index (Phi) is 3.96. The maximum Gasteiger partial charge on any atom is 0.282 e. The first kappa shape index (κ1) is 13.3. The summed E-state index contributed by atoms with van der Waals surface area (Å²) in [5.41, 5.74) is -0.193. The second-order valence-corrected chi connectivity index (χ2v) is 4.37. The molecule has 1 aliphatic heterocycles. The highest BCUT2D eigenvalue weighted by atomic mass is 16.6. The molecule has 2 N–H and O–H groups in total. The van der Waals surface area contributed by atoms with Crippen LogP contribution in [-0.4, -0.2) is 37.6 Å². The van der Waals surface area contributed by atoms with Gasteiger partial charge in [-0.05, 0) is 12.1 Å². The van der Waals surface area contributed by atoms with E-state index < -0.39 is 10.8 Å².